The van der Waals surface area contributed by atoms with E-state index in [4.69, 9.17) is 14.2 Å². The van der Waals surface area contributed by atoms with Gasteiger partial charge in [-0.2, -0.15) is 5.10 Å². The first-order chi connectivity index (χ1) is 11.3. The monoisotopic (exact) mass is 315 g/mol. The molecule has 1 N–H and O–H groups in total. The Bertz CT molecular complexity index is 741. The van der Waals surface area contributed by atoms with Gasteiger partial charge in [-0.3, -0.25) is 9.48 Å². The van der Waals surface area contributed by atoms with Crippen LogP contribution < -0.4 is 14.8 Å². The third kappa shape index (κ3) is 2.75. The van der Waals surface area contributed by atoms with Gasteiger partial charge in [0, 0.05) is 29.8 Å². The molecular formula is C16H17N3O4. The van der Waals surface area contributed by atoms with Crippen LogP contribution in [0.15, 0.2) is 24.4 Å². The molecule has 23 heavy (non-hydrogen) atoms. The van der Waals surface area contributed by atoms with Gasteiger partial charge >= 0.3 is 0 Å². The highest BCUT2D eigenvalue weighted by molar-refractivity contribution is 5.94. The van der Waals surface area contributed by atoms with Gasteiger partial charge in [0.25, 0.3) is 5.91 Å². The van der Waals surface area contributed by atoms with Crippen LogP contribution in [0.4, 0.5) is 0 Å². The SMILES string of the molecule is O=C(NCCn1ncc2c1CCOC2)c1ccc2c(c1)OCO2. The van der Waals surface area contributed by atoms with Gasteiger partial charge in [-0.15, -0.1) is 0 Å². The van der Waals surface area contributed by atoms with Crippen LogP contribution in [-0.4, -0.2) is 35.6 Å². The van der Waals surface area contributed by atoms with E-state index in [2.05, 4.69) is 10.4 Å². The molecule has 0 fully saturated rings. The molecule has 2 aromatic rings. The molecule has 0 unspecified atom stereocenters. The number of ether oxygens (including phenoxy) is 3. The van der Waals surface area contributed by atoms with E-state index < -0.39 is 0 Å². The summed E-state index contributed by atoms with van der Waals surface area (Å²) in [5.41, 5.74) is 2.90. The maximum absolute atomic E-state index is 12.2. The van der Waals surface area contributed by atoms with Gasteiger partial charge in [-0.25, -0.2) is 0 Å². The summed E-state index contributed by atoms with van der Waals surface area (Å²) in [6.07, 6.45) is 2.71. The first-order valence-corrected chi connectivity index (χ1v) is 7.60. The van der Waals surface area contributed by atoms with E-state index in [0.29, 0.717) is 36.8 Å². The summed E-state index contributed by atoms with van der Waals surface area (Å²) in [6.45, 7) is 2.71. The van der Waals surface area contributed by atoms with Gasteiger partial charge in [0.1, 0.15) is 0 Å². The Morgan fingerprint density at radius 3 is 3.17 bits per heavy atom. The van der Waals surface area contributed by atoms with Crippen molar-refractivity contribution in [2.24, 2.45) is 0 Å². The van der Waals surface area contributed by atoms with E-state index in [-0.39, 0.29) is 12.7 Å². The van der Waals surface area contributed by atoms with Crippen LogP contribution >= 0.6 is 0 Å². The van der Waals surface area contributed by atoms with Crippen LogP contribution in [0.5, 0.6) is 11.5 Å². The fraction of sp³-hybridized carbons (Fsp3) is 0.375. The van der Waals surface area contributed by atoms with Crippen molar-refractivity contribution in [3.63, 3.8) is 0 Å². The molecular weight excluding hydrogens is 298 g/mol. The minimum atomic E-state index is -0.132. The average Bonchev–Trinajstić information content (AvgIpc) is 3.21. The standard InChI is InChI=1S/C16H17N3O4/c20-16(11-1-2-14-15(7-11)23-10-22-14)17-4-5-19-13-3-6-21-9-12(13)8-18-19/h1-2,7-8H,3-6,9-10H2,(H,17,20). The Morgan fingerprint density at radius 2 is 2.22 bits per heavy atom. The largest absolute Gasteiger partial charge is 0.454 e. The van der Waals surface area contributed by atoms with Crippen LogP contribution in [0.25, 0.3) is 0 Å². The number of nitrogens with one attached hydrogen (secondary N) is 1. The molecule has 2 aliphatic heterocycles. The molecule has 120 valence electrons. The zero-order valence-electron chi connectivity index (χ0n) is 12.6. The molecule has 0 atom stereocenters. The van der Waals surface area contributed by atoms with Crippen molar-refractivity contribution in [3.8, 4) is 11.5 Å². The zero-order valence-corrected chi connectivity index (χ0v) is 12.6. The molecule has 3 heterocycles. The van der Waals surface area contributed by atoms with Crippen molar-refractivity contribution < 1.29 is 19.0 Å². The van der Waals surface area contributed by atoms with E-state index in [1.807, 2.05) is 10.9 Å². The second-order valence-electron chi connectivity index (χ2n) is 5.47. The molecule has 0 spiro atoms. The molecule has 0 radical (unpaired) electrons. The number of fused-ring (bicyclic) bond motifs is 2. The molecule has 0 aliphatic carbocycles. The smallest absolute Gasteiger partial charge is 0.251 e. The molecule has 4 rings (SSSR count). The topological polar surface area (TPSA) is 74.6 Å². The first kappa shape index (κ1) is 14.1. The number of aromatic nitrogens is 2. The molecule has 7 nitrogen and oxygen atoms in total. The summed E-state index contributed by atoms with van der Waals surface area (Å²) in [6, 6.07) is 5.18. The minimum Gasteiger partial charge on any atom is -0.454 e. The Hall–Kier alpha value is -2.54. The quantitative estimate of drug-likeness (QED) is 0.915. The first-order valence-electron chi connectivity index (χ1n) is 7.60. The van der Waals surface area contributed by atoms with E-state index in [0.717, 1.165) is 18.6 Å². The number of hydrogen-bond donors (Lipinski definition) is 1. The van der Waals surface area contributed by atoms with Crippen molar-refractivity contribution in [2.75, 3.05) is 19.9 Å². The van der Waals surface area contributed by atoms with E-state index in [1.54, 1.807) is 18.2 Å². The molecule has 1 aromatic carbocycles. The normalized spacial score (nSPS) is 15.3. The van der Waals surface area contributed by atoms with E-state index in [1.165, 1.54) is 5.69 Å². The molecule has 2 aliphatic rings. The number of benzene rings is 1. The minimum absolute atomic E-state index is 0.132. The number of rotatable bonds is 4. The van der Waals surface area contributed by atoms with Crippen LogP contribution in [0.3, 0.4) is 0 Å². The van der Waals surface area contributed by atoms with Crippen molar-refractivity contribution in [1.29, 1.82) is 0 Å². The second-order valence-corrected chi connectivity index (χ2v) is 5.47. The fourth-order valence-electron chi connectivity index (χ4n) is 2.82. The predicted molar refractivity (Wildman–Crippen MR) is 80.5 cm³/mol. The summed E-state index contributed by atoms with van der Waals surface area (Å²) >= 11 is 0. The maximum atomic E-state index is 12.2. The molecule has 1 amide bonds. The van der Waals surface area contributed by atoms with Gasteiger partial charge in [-0.05, 0) is 18.2 Å². The van der Waals surface area contributed by atoms with Crippen LogP contribution in [0.1, 0.15) is 21.6 Å². The van der Waals surface area contributed by atoms with Crippen LogP contribution in [-0.2, 0) is 24.3 Å². The Morgan fingerprint density at radius 1 is 1.30 bits per heavy atom. The Kier molecular flexibility index (Phi) is 3.63. The third-order valence-corrected chi connectivity index (χ3v) is 4.02. The number of carbonyl (C=O) groups is 1. The van der Waals surface area contributed by atoms with Crippen molar-refractivity contribution >= 4 is 5.91 Å². The predicted octanol–water partition coefficient (Wildman–Crippen LogP) is 1.11. The van der Waals surface area contributed by atoms with Gasteiger partial charge < -0.3 is 19.5 Å². The lowest BCUT2D eigenvalue weighted by atomic mass is 10.2. The second kappa shape index (κ2) is 5.92. The lowest BCUT2D eigenvalue weighted by Gasteiger charge is -2.14. The van der Waals surface area contributed by atoms with Gasteiger partial charge in [0.2, 0.25) is 6.79 Å². The number of amides is 1. The third-order valence-electron chi connectivity index (χ3n) is 4.02. The average molecular weight is 315 g/mol. The molecule has 0 bridgehead atoms. The van der Waals surface area contributed by atoms with Gasteiger partial charge in [0.15, 0.2) is 11.5 Å². The highest BCUT2D eigenvalue weighted by Gasteiger charge is 2.17. The lowest BCUT2D eigenvalue weighted by Crippen LogP contribution is -2.28. The molecule has 0 saturated heterocycles. The Labute approximate surface area is 133 Å². The molecule has 1 aromatic heterocycles. The number of nitrogens with zero attached hydrogens (tertiary/aromatic N) is 2. The van der Waals surface area contributed by atoms with Gasteiger partial charge in [0.05, 0.1) is 26.0 Å². The summed E-state index contributed by atoms with van der Waals surface area (Å²) in [4.78, 5) is 12.2. The zero-order chi connectivity index (χ0) is 15.6. The lowest BCUT2D eigenvalue weighted by molar-refractivity contribution is 0.0950. The summed E-state index contributed by atoms with van der Waals surface area (Å²) < 4.78 is 17.9. The van der Waals surface area contributed by atoms with Crippen LogP contribution in [0.2, 0.25) is 0 Å². The molecule has 7 heteroatoms. The summed E-state index contributed by atoms with van der Waals surface area (Å²) in [7, 11) is 0. The summed E-state index contributed by atoms with van der Waals surface area (Å²) in [5.74, 6) is 1.15. The van der Waals surface area contributed by atoms with Crippen molar-refractivity contribution in [3.05, 3.63) is 41.2 Å². The highest BCUT2D eigenvalue weighted by Crippen LogP contribution is 2.32. The number of carbonyl (C=O) groups excluding carboxylic acids is 1. The number of hydrogen-bond acceptors (Lipinski definition) is 5. The van der Waals surface area contributed by atoms with E-state index in [9.17, 15) is 4.79 Å². The maximum Gasteiger partial charge on any atom is 0.251 e. The van der Waals surface area contributed by atoms with E-state index >= 15 is 0 Å². The van der Waals surface area contributed by atoms with Gasteiger partial charge in [-0.1, -0.05) is 0 Å². The highest BCUT2D eigenvalue weighted by atomic mass is 16.7. The van der Waals surface area contributed by atoms with Crippen LogP contribution in [0, 0.1) is 0 Å². The van der Waals surface area contributed by atoms with Crippen molar-refractivity contribution in [1.82, 2.24) is 15.1 Å². The fourth-order valence-corrected chi connectivity index (χ4v) is 2.82. The Balaban J connectivity index is 1.36. The molecule has 0 saturated carbocycles. The van der Waals surface area contributed by atoms with Crippen molar-refractivity contribution in [2.45, 2.75) is 19.6 Å². The summed E-state index contributed by atoms with van der Waals surface area (Å²) in [5, 5.41) is 7.27.